The molecule has 0 aromatic heterocycles. The van der Waals surface area contributed by atoms with Crippen molar-refractivity contribution in [3.05, 3.63) is 12.2 Å². The van der Waals surface area contributed by atoms with E-state index in [1.807, 2.05) is 6.92 Å². The molecule has 0 saturated carbocycles. The zero-order chi connectivity index (χ0) is 11.5. The van der Waals surface area contributed by atoms with E-state index in [4.69, 9.17) is 9.84 Å². The lowest BCUT2D eigenvalue weighted by atomic mass is 10.2. The van der Waals surface area contributed by atoms with Crippen LogP contribution in [0, 0.1) is 0 Å². The van der Waals surface area contributed by atoms with Crippen LogP contribution in [-0.2, 0) is 14.3 Å². The normalized spacial score (nSPS) is 10.5. The summed E-state index contributed by atoms with van der Waals surface area (Å²) in [7, 11) is 0. The van der Waals surface area contributed by atoms with Crippen molar-refractivity contribution in [2.45, 2.75) is 39.0 Å². The average molecular weight is 214 g/mol. The van der Waals surface area contributed by atoms with E-state index >= 15 is 0 Å². The van der Waals surface area contributed by atoms with E-state index in [0.29, 0.717) is 19.4 Å². The summed E-state index contributed by atoms with van der Waals surface area (Å²) < 4.78 is 4.87. The molecule has 4 nitrogen and oxygen atoms in total. The van der Waals surface area contributed by atoms with Gasteiger partial charge in [0.05, 0.1) is 6.61 Å². The minimum absolute atomic E-state index is 0.134. The van der Waals surface area contributed by atoms with Crippen molar-refractivity contribution in [3.63, 3.8) is 0 Å². The number of esters is 1. The monoisotopic (exact) mass is 214 g/mol. The fourth-order valence-corrected chi connectivity index (χ4v) is 0.916. The lowest BCUT2D eigenvalue weighted by molar-refractivity contribution is -0.138. The molecule has 0 aromatic carbocycles. The molecule has 1 N–H and O–H groups in total. The average Bonchev–Trinajstić information content (AvgIpc) is 2.17. The Bertz CT molecular complexity index is 221. The molecule has 0 aromatic rings. The quantitative estimate of drug-likeness (QED) is 0.382. The molecule has 0 aliphatic heterocycles. The number of carboxylic acids is 1. The Kier molecular flexibility index (Phi) is 8.43. The summed E-state index contributed by atoms with van der Waals surface area (Å²) in [4.78, 5) is 21.1. The van der Waals surface area contributed by atoms with Crippen molar-refractivity contribution in [2.75, 3.05) is 6.61 Å². The van der Waals surface area contributed by atoms with Crippen molar-refractivity contribution < 1.29 is 19.4 Å². The standard InChI is InChI=1S/C11H18O4/c1-2-3-9-15-11(14)8-6-4-5-7-10(12)13/h6,8H,2-5,7,9H2,1H3,(H,12,13). The van der Waals surface area contributed by atoms with E-state index in [0.717, 1.165) is 12.8 Å². The van der Waals surface area contributed by atoms with Crippen molar-refractivity contribution in [3.8, 4) is 0 Å². The summed E-state index contributed by atoms with van der Waals surface area (Å²) in [5.74, 6) is -1.16. The molecule has 0 saturated heterocycles. The zero-order valence-electron chi connectivity index (χ0n) is 9.07. The van der Waals surface area contributed by atoms with Gasteiger partial charge in [-0.3, -0.25) is 4.79 Å². The summed E-state index contributed by atoms with van der Waals surface area (Å²) in [5, 5.41) is 8.35. The number of carbonyl (C=O) groups is 2. The SMILES string of the molecule is CCCCOC(=O)C=CCCCC(=O)O. The van der Waals surface area contributed by atoms with E-state index < -0.39 is 5.97 Å². The number of aliphatic carboxylic acids is 1. The topological polar surface area (TPSA) is 63.6 Å². The van der Waals surface area contributed by atoms with Crippen LogP contribution < -0.4 is 0 Å². The lowest BCUT2D eigenvalue weighted by Gasteiger charge is -1.98. The molecule has 0 spiro atoms. The first-order valence-corrected chi connectivity index (χ1v) is 5.22. The Labute approximate surface area is 89.9 Å². The van der Waals surface area contributed by atoms with E-state index in [1.54, 1.807) is 6.08 Å². The molecule has 0 rings (SSSR count). The Morgan fingerprint density at radius 2 is 2.07 bits per heavy atom. The van der Waals surface area contributed by atoms with Crippen LogP contribution >= 0.6 is 0 Å². The van der Waals surface area contributed by atoms with Gasteiger partial charge >= 0.3 is 11.9 Å². The molecule has 0 bridgehead atoms. The van der Waals surface area contributed by atoms with E-state index in [-0.39, 0.29) is 12.4 Å². The molecule has 0 aliphatic rings. The van der Waals surface area contributed by atoms with Crippen LogP contribution in [0.5, 0.6) is 0 Å². The van der Waals surface area contributed by atoms with Gasteiger partial charge in [-0.15, -0.1) is 0 Å². The Balaban J connectivity index is 3.41. The number of unbranched alkanes of at least 4 members (excludes halogenated alkanes) is 2. The number of carbonyl (C=O) groups excluding carboxylic acids is 1. The van der Waals surface area contributed by atoms with Gasteiger partial charge < -0.3 is 9.84 Å². The van der Waals surface area contributed by atoms with Gasteiger partial charge in [0.15, 0.2) is 0 Å². The molecule has 0 amide bonds. The summed E-state index contributed by atoms with van der Waals surface area (Å²) in [6.07, 6.45) is 6.15. The van der Waals surface area contributed by atoms with Crippen LogP contribution in [0.4, 0.5) is 0 Å². The number of allylic oxidation sites excluding steroid dienone is 1. The van der Waals surface area contributed by atoms with E-state index in [9.17, 15) is 9.59 Å². The predicted molar refractivity (Wildman–Crippen MR) is 56.5 cm³/mol. The molecule has 0 unspecified atom stereocenters. The van der Waals surface area contributed by atoms with Gasteiger partial charge in [0, 0.05) is 12.5 Å². The minimum atomic E-state index is -0.811. The predicted octanol–water partition coefficient (Wildman–Crippen LogP) is 2.14. The maximum atomic E-state index is 11.0. The summed E-state index contributed by atoms with van der Waals surface area (Å²) in [6, 6.07) is 0. The number of ether oxygens (including phenoxy) is 1. The van der Waals surface area contributed by atoms with Crippen LogP contribution in [0.25, 0.3) is 0 Å². The molecule has 0 fully saturated rings. The first-order chi connectivity index (χ1) is 7.16. The lowest BCUT2D eigenvalue weighted by Crippen LogP contribution is -2.01. The summed E-state index contributed by atoms with van der Waals surface area (Å²) in [6.45, 7) is 2.48. The number of rotatable bonds is 8. The molecular formula is C11H18O4. The molecule has 0 heterocycles. The van der Waals surface area contributed by atoms with E-state index in [2.05, 4.69) is 0 Å². The van der Waals surface area contributed by atoms with Gasteiger partial charge in [-0.25, -0.2) is 4.79 Å². The fourth-order valence-electron chi connectivity index (χ4n) is 0.916. The van der Waals surface area contributed by atoms with Crippen LogP contribution in [0.1, 0.15) is 39.0 Å². The first kappa shape index (κ1) is 13.7. The summed E-state index contributed by atoms with van der Waals surface area (Å²) in [5.41, 5.74) is 0. The van der Waals surface area contributed by atoms with Gasteiger partial charge in [-0.1, -0.05) is 19.4 Å². The largest absolute Gasteiger partial charge is 0.481 e. The van der Waals surface area contributed by atoms with Crippen LogP contribution in [0.3, 0.4) is 0 Å². The van der Waals surface area contributed by atoms with Crippen LogP contribution in [0.15, 0.2) is 12.2 Å². The third kappa shape index (κ3) is 10.6. The molecule has 15 heavy (non-hydrogen) atoms. The van der Waals surface area contributed by atoms with Crippen LogP contribution in [0.2, 0.25) is 0 Å². The second-order valence-electron chi connectivity index (χ2n) is 3.21. The Morgan fingerprint density at radius 3 is 2.67 bits per heavy atom. The van der Waals surface area contributed by atoms with Gasteiger partial charge in [-0.2, -0.15) is 0 Å². The second kappa shape index (κ2) is 9.24. The van der Waals surface area contributed by atoms with Crippen molar-refractivity contribution in [1.82, 2.24) is 0 Å². The highest BCUT2D eigenvalue weighted by Gasteiger charge is 1.96. The molecule has 0 atom stereocenters. The third-order valence-corrected chi connectivity index (χ3v) is 1.76. The smallest absolute Gasteiger partial charge is 0.330 e. The van der Waals surface area contributed by atoms with E-state index in [1.165, 1.54) is 6.08 Å². The molecular weight excluding hydrogens is 196 g/mol. The van der Waals surface area contributed by atoms with Crippen molar-refractivity contribution >= 4 is 11.9 Å². The molecule has 0 radical (unpaired) electrons. The molecule has 86 valence electrons. The Morgan fingerprint density at radius 1 is 1.33 bits per heavy atom. The highest BCUT2D eigenvalue weighted by Crippen LogP contribution is 1.97. The highest BCUT2D eigenvalue weighted by molar-refractivity contribution is 5.81. The van der Waals surface area contributed by atoms with Crippen molar-refractivity contribution in [2.24, 2.45) is 0 Å². The third-order valence-electron chi connectivity index (χ3n) is 1.76. The zero-order valence-corrected chi connectivity index (χ0v) is 9.07. The summed E-state index contributed by atoms with van der Waals surface area (Å²) >= 11 is 0. The van der Waals surface area contributed by atoms with Crippen LogP contribution in [-0.4, -0.2) is 23.7 Å². The second-order valence-corrected chi connectivity index (χ2v) is 3.21. The first-order valence-electron chi connectivity index (χ1n) is 5.22. The minimum Gasteiger partial charge on any atom is -0.481 e. The maximum absolute atomic E-state index is 11.0. The van der Waals surface area contributed by atoms with Gasteiger partial charge in [0.2, 0.25) is 0 Å². The van der Waals surface area contributed by atoms with Gasteiger partial charge in [-0.05, 0) is 19.3 Å². The fraction of sp³-hybridized carbons (Fsp3) is 0.636. The van der Waals surface area contributed by atoms with Gasteiger partial charge in [0.1, 0.15) is 0 Å². The number of hydrogen-bond donors (Lipinski definition) is 1. The van der Waals surface area contributed by atoms with Crippen molar-refractivity contribution in [1.29, 1.82) is 0 Å². The van der Waals surface area contributed by atoms with Gasteiger partial charge in [0.25, 0.3) is 0 Å². The Hall–Kier alpha value is -1.32. The number of carboxylic acid groups (broad SMARTS) is 1. The number of hydrogen-bond acceptors (Lipinski definition) is 3. The molecule has 4 heteroatoms. The maximum Gasteiger partial charge on any atom is 0.330 e. The highest BCUT2D eigenvalue weighted by atomic mass is 16.5. The molecule has 0 aliphatic carbocycles.